The van der Waals surface area contributed by atoms with Gasteiger partial charge in [0.05, 0.1) is 0 Å². The van der Waals surface area contributed by atoms with Crippen molar-refractivity contribution in [3.8, 4) is 0 Å². The third-order valence-corrected chi connectivity index (χ3v) is 10.5. The molecule has 29 heavy (non-hydrogen) atoms. The fourth-order valence-electron chi connectivity index (χ4n) is 8.93. The zero-order valence-corrected chi connectivity index (χ0v) is 18.9. The number of carbonyl (C=O) groups excluding carboxylic acids is 1. The topological polar surface area (TPSA) is 20.3 Å². The second-order valence-corrected chi connectivity index (χ2v) is 11.4. The van der Waals surface area contributed by atoms with Gasteiger partial charge in [0, 0.05) is 19.5 Å². The summed E-state index contributed by atoms with van der Waals surface area (Å²) < 4.78 is 0. The van der Waals surface area contributed by atoms with Crippen LogP contribution in [0.5, 0.6) is 0 Å². The van der Waals surface area contributed by atoms with E-state index in [1.807, 2.05) is 0 Å². The Labute approximate surface area is 177 Å². The van der Waals surface area contributed by atoms with Gasteiger partial charge in [0.1, 0.15) is 0 Å². The maximum absolute atomic E-state index is 13.1. The number of likely N-dealkylation sites (tertiary alicyclic amines) is 1. The predicted molar refractivity (Wildman–Crippen MR) is 119 cm³/mol. The van der Waals surface area contributed by atoms with Crippen molar-refractivity contribution in [1.82, 2.24) is 4.90 Å². The van der Waals surface area contributed by atoms with Gasteiger partial charge in [-0.15, -0.1) is 0 Å². The van der Waals surface area contributed by atoms with Gasteiger partial charge in [-0.25, -0.2) is 0 Å². The maximum Gasteiger partial charge on any atom is 0.222 e. The molecule has 1 aromatic carbocycles. The third-order valence-electron chi connectivity index (χ3n) is 10.5. The molecule has 8 atom stereocenters. The minimum Gasteiger partial charge on any atom is -0.342 e. The Kier molecular flexibility index (Phi) is 4.64. The molecule has 3 unspecified atom stereocenters. The molecule has 0 N–H and O–H groups in total. The van der Waals surface area contributed by atoms with Crippen LogP contribution < -0.4 is 0 Å². The molecule has 158 valence electrons. The quantitative estimate of drug-likeness (QED) is 0.580. The number of rotatable bonds is 2. The summed E-state index contributed by atoms with van der Waals surface area (Å²) in [5.74, 6) is 3.86. The van der Waals surface area contributed by atoms with Gasteiger partial charge in [-0.1, -0.05) is 57.5 Å². The zero-order valence-electron chi connectivity index (χ0n) is 18.9. The lowest BCUT2D eigenvalue weighted by atomic mass is 9.44. The summed E-state index contributed by atoms with van der Waals surface area (Å²) in [5.41, 5.74) is 2.25. The summed E-state index contributed by atoms with van der Waals surface area (Å²) in [7, 11) is 2.09. The molecule has 4 aliphatic rings. The van der Waals surface area contributed by atoms with Crippen LogP contribution in [0.1, 0.15) is 83.6 Å². The number of amides is 1. The standard InChI is InChI=1S/C27H39NO/c1-18(19-9-6-5-7-10-19)23-17-25(29)28(4)24-13-12-20-21-11-8-15-26(21,2)16-14-22(20)27(23,24)3/h5-7,9-10,18,20-24H,8,11-17H2,1-4H3/t18?,20-,21-,22+,23?,24?,26-,27-/m0/s1. The van der Waals surface area contributed by atoms with Crippen LogP contribution >= 0.6 is 0 Å². The van der Waals surface area contributed by atoms with Crippen LogP contribution in [0, 0.1) is 34.5 Å². The zero-order chi connectivity index (χ0) is 20.4. The monoisotopic (exact) mass is 393 g/mol. The average Bonchev–Trinajstić information content (AvgIpc) is 3.13. The summed E-state index contributed by atoms with van der Waals surface area (Å²) in [6.07, 6.45) is 10.4. The second kappa shape index (κ2) is 6.86. The van der Waals surface area contributed by atoms with Crippen LogP contribution in [0.3, 0.4) is 0 Å². The van der Waals surface area contributed by atoms with Gasteiger partial charge in [0.2, 0.25) is 5.91 Å². The summed E-state index contributed by atoms with van der Waals surface area (Å²) >= 11 is 0. The molecule has 0 aromatic heterocycles. The first-order chi connectivity index (χ1) is 13.9. The molecule has 1 aromatic rings. The van der Waals surface area contributed by atoms with Crippen molar-refractivity contribution in [2.45, 2.75) is 84.1 Å². The fraction of sp³-hybridized carbons (Fsp3) is 0.741. The summed E-state index contributed by atoms with van der Waals surface area (Å²) in [6, 6.07) is 11.4. The molecular formula is C27H39NO. The number of hydrogen-bond acceptors (Lipinski definition) is 1. The van der Waals surface area contributed by atoms with Crippen LogP contribution in [0.4, 0.5) is 0 Å². The molecule has 3 saturated carbocycles. The van der Waals surface area contributed by atoms with Gasteiger partial charge in [-0.2, -0.15) is 0 Å². The average molecular weight is 394 g/mol. The van der Waals surface area contributed by atoms with E-state index in [1.165, 1.54) is 50.5 Å². The molecule has 1 amide bonds. The van der Waals surface area contributed by atoms with Gasteiger partial charge in [0.25, 0.3) is 0 Å². The predicted octanol–water partition coefficient (Wildman–Crippen LogP) is 6.27. The van der Waals surface area contributed by atoms with Crippen molar-refractivity contribution < 1.29 is 4.79 Å². The van der Waals surface area contributed by atoms with Crippen molar-refractivity contribution >= 4 is 5.91 Å². The Morgan fingerprint density at radius 3 is 2.52 bits per heavy atom. The number of fused-ring (bicyclic) bond motifs is 5. The normalized spacial score (nSPS) is 45.3. The van der Waals surface area contributed by atoms with E-state index in [0.29, 0.717) is 29.2 Å². The highest BCUT2D eigenvalue weighted by Gasteiger charge is 2.62. The van der Waals surface area contributed by atoms with Crippen molar-refractivity contribution in [1.29, 1.82) is 0 Å². The number of carbonyl (C=O) groups is 1. The lowest BCUT2D eigenvalue weighted by Crippen LogP contribution is -2.65. The number of benzene rings is 1. The first-order valence-corrected chi connectivity index (χ1v) is 12.2. The molecular weight excluding hydrogens is 354 g/mol. The van der Waals surface area contributed by atoms with Crippen LogP contribution in [-0.2, 0) is 4.79 Å². The first-order valence-electron chi connectivity index (χ1n) is 12.2. The SMILES string of the molecule is CC(c1ccccc1)C1CC(=O)N(C)C2CC[C@@H]3[C@@H](CC[C@]4(C)CCC[C@@H]34)[C@@]12C. The van der Waals surface area contributed by atoms with Gasteiger partial charge in [-0.05, 0) is 84.5 Å². The Balaban J connectivity index is 1.55. The highest BCUT2D eigenvalue weighted by Crippen LogP contribution is 2.66. The summed E-state index contributed by atoms with van der Waals surface area (Å²) in [6.45, 7) is 7.59. The van der Waals surface area contributed by atoms with Crippen molar-refractivity contribution in [3.63, 3.8) is 0 Å². The number of hydrogen-bond donors (Lipinski definition) is 0. The van der Waals surface area contributed by atoms with Gasteiger partial charge >= 0.3 is 0 Å². The molecule has 1 saturated heterocycles. The Hall–Kier alpha value is -1.31. The van der Waals surface area contributed by atoms with Gasteiger partial charge in [-0.3, -0.25) is 4.79 Å². The Bertz CT molecular complexity index is 774. The van der Waals surface area contributed by atoms with E-state index in [9.17, 15) is 4.79 Å². The molecule has 5 rings (SSSR count). The van der Waals surface area contributed by atoms with E-state index in [0.717, 1.165) is 24.2 Å². The van der Waals surface area contributed by atoms with Crippen LogP contribution in [0.25, 0.3) is 0 Å². The number of piperidine rings is 1. The van der Waals surface area contributed by atoms with E-state index in [4.69, 9.17) is 0 Å². The smallest absolute Gasteiger partial charge is 0.222 e. The van der Waals surface area contributed by atoms with Crippen molar-refractivity contribution in [2.75, 3.05) is 7.05 Å². The van der Waals surface area contributed by atoms with Crippen LogP contribution in [-0.4, -0.2) is 23.9 Å². The summed E-state index contributed by atoms with van der Waals surface area (Å²) in [4.78, 5) is 15.2. The number of nitrogens with zero attached hydrogens (tertiary/aromatic N) is 1. The third kappa shape index (κ3) is 2.77. The lowest BCUT2D eigenvalue weighted by Gasteiger charge is -2.64. The molecule has 1 aliphatic heterocycles. The van der Waals surface area contributed by atoms with E-state index < -0.39 is 0 Å². The van der Waals surface area contributed by atoms with Crippen LogP contribution in [0.2, 0.25) is 0 Å². The molecule has 4 fully saturated rings. The minimum absolute atomic E-state index is 0.241. The lowest BCUT2D eigenvalue weighted by molar-refractivity contribution is -0.172. The Morgan fingerprint density at radius 2 is 1.76 bits per heavy atom. The second-order valence-electron chi connectivity index (χ2n) is 11.4. The van der Waals surface area contributed by atoms with Gasteiger partial charge < -0.3 is 4.90 Å². The van der Waals surface area contributed by atoms with E-state index in [1.54, 1.807) is 0 Å². The molecule has 0 spiro atoms. The van der Waals surface area contributed by atoms with E-state index in [-0.39, 0.29) is 5.41 Å². The highest BCUT2D eigenvalue weighted by molar-refractivity contribution is 5.78. The first kappa shape index (κ1) is 19.6. The molecule has 0 radical (unpaired) electrons. The van der Waals surface area contributed by atoms with Gasteiger partial charge in [0.15, 0.2) is 0 Å². The fourth-order valence-corrected chi connectivity index (χ4v) is 8.93. The van der Waals surface area contributed by atoms with Crippen molar-refractivity contribution in [3.05, 3.63) is 35.9 Å². The van der Waals surface area contributed by atoms with E-state index in [2.05, 4.69) is 63.1 Å². The molecule has 0 bridgehead atoms. The Morgan fingerprint density at radius 1 is 1.00 bits per heavy atom. The van der Waals surface area contributed by atoms with E-state index >= 15 is 0 Å². The minimum atomic E-state index is 0.241. The molecule has 3 aliphatic carbocycles. The largest absolute Gasteiger partial charge is 0.342 e. The van der Waals surface area contributed by atoms with Crippen LogP contribution in [0.15, 0.2) is 30.3 Å². The molecule has 2 heteroatoms. The molecule has 2 nitrogen and oxygen atoms in total. The summed E-state index contributed by atoms with van der Waals surface area (Å²) in [5, 5.41) is 0. The van der Waals surface area contributed by atoms with Crippen molar-refractivity contribution in [2.24, 2.45) is 34.5 Å². The highest BCUT2D eigenvalue weighted by atomic mass is 16.2. The molecule has 1 heterocycles. The maximum atomic E-state index is 13.1.